The quantitative estimate of drug-likeness (QED) is 0.757. The summed E-state index contributed by atoms with van der Waals surface area (Å²) in [6.45, 7) is 6.52. The van der Waals surface area contributed by atoms with E-state index in [9.17, 15) is 0 Å². The number of ether oxygens (including phenoxy) is 1. The van der Waals surface area contributed by atoms with Gasteiger partial charge in [-0.2, -0.15) is 0 Å². The van der Waals surface area contributed by atoms with Crippen molar-refractivity contribution in [2.75, 3.05) is 13.2 Å². The third kappa shape index (κ3) is 3.72. The summed E-state index contributed by atoms with van der Waals surface area (Å²) in [4.78, 5) is 0. The predicted molar refractivity (Wildman–Crippen MR) is 64.2 cm³/mol. The Bertz CT molecular complexity index is 190. The lowest BCUT2D eigenvalue weighted by Gasteiger charge is -2.38. The van der Waals surface area contributed by atoms with Crippen LogP contribution in [-0.4, -0.2) is 35.6 Å². The van der Waals surface area contributed by atoms with E-state index in [1.165, 1.54) is 12.8 Å². The molecule has 1 aliphatic rings. The van der Waals surface area contributed by atoms with Crippen LogP contribution in [0.2, 0.25) is 0 Å². The molecule has 0 aromatic rings. The molecule has 3 unspecified atom stereocenters. The molecule has 1 aliphatic carbocycles. The van der Waals surface area contributed by atoms with E-state index in [2.05, 4.69) is 20.8 Å². The number of hydrogen-bond acceptors (Lipinski definition) is 3. The van der Waals surface area contributed by atoms with Crippen molar-refractivity contribution in [3.63, 3.8) is 0 Å². The first-order valence-corrected chi connectivity index (χ1v) is 6.45. The Hall–Kier alpha value is -0.120. The molecular weight excluding hydrogens is 204 g/mol. The lowest BCUT2D eigenvalue weighted by molar-refractivity contribution is -0.110. The maximum atomic E-state index is 9.06. The molecule has 0 heterocycles. The Kier molecular flexibility index (Phi) is 5.73. The molecule has 2 N–H and O–H groups in total. The van der Waals surface area contributed by atoms with Gasteiger partial charge in [-0.1, -0.05) is 27.2 Å². The van der Waals surface area contributed by atoms with Gasteiger partial charge >= 0.3 is 0 Å². The number of aliphatic hydroxyl groups is 2. The summed E-state index contributed by atoms with van der Waals surface area (Å²) < 4.78 is 5.83. The van der Waals surface area contributed by atoms with Crippen molar-refractivity contribution >= 4 is 0 Å². The second-order valence-corrected chi connectivity index (χ2v) is 5.49. The predicted octanol–water partition coefficient (Wildman–Crippen LogP) is 1.82. The second kappa shape index (κ2) is 6.58. The molecule has 3 atom stereocenters. The zero-order chi connectivity index (χ0) is 12.1. The summed E-state index contributed by atoms with van der Waals surface area (Å²) in [6, 6.07) is 0. The summed E-state index contributed by atoms with van der Waals surface area (Å²) in [5.41, 5.74) is 0. The van der Waals surface area contributed by atoms with Crippen LogP contribution in [0.1, 0.15) is 40.0 Å². The highest BCUT2D eigenvalue weighted by atomic mass is 16.5. The van der Waals surface area contributed by atoms with Gasteiger partial charge in [0.2, 0.25) is 0 Å². The van der Waals surface area contributed by atoms with E-state index in [4.69, 9.17) is 14.9 Å². The van der Waals surface area contributed by atoms with Crippen molar-refractivity contribution < 1.29 is 14.9 Å². The van der Waals surface area contributed by atoms with Crippen molar-refractivity contribution in [1.82, 2.24) is 0 Å². The standard InChI is InChI=1S/C13H26O3/c1-9(2)12-5-4-10(3)6-13(12)16-11(7-14)8-15/h9-15H,4-8H2,1-3H3. The van der Waals surface area contributed by atoms with Crippen molar-refractivity contribution in [3.8, 4) is 0 Å². The van der Waals surface area contributed by atoms with Crippen molar-refractivity contribution in [2.24, 2.45) is 17.8 Å². The molecule has 3 heteroatoms. The van der Waals surface area contributed by atoms with Gasteiger partial charge in [0.05, 0.1) is 19.3 Å². The third-order valence-electron chi connectivity index (χ3n) is 3.74. The van der Waals surface area contributed by atoms with Crippen molar-refractivity contribution in [3.05, 3.63) is 0 Å². The molecule has 0 bridgehead atoms. The first-order valence-electron chi connectivity index (χ1n) is 6.45. The average Bonchev–Trinajstić information content (AvgIpc) is 2.25. The molecule has 0 aromatic heterocycles. The minimum Gasteiger partial charge on any atom is -0.394 e. The first-order chi connectivity index (χ1) is 7.58. The van der Waals surface area contributed by atoms with Gasteiger partial charge in [-0.05, 0) is 30.6 Å². The van der Waals surface area contributed by atoms with Crippen LogP contribution in [0.3, 0.4) is 0 Å². The van der Waals surface area contributed by atoms with E-state index < -0.39 is 6.10 Å². The van der Waals surface area contributed by atoms with E-state index in [1.807, 2.05) is 0 Å². The minimum absolute atomic E-state index is 0.0911. The van der Waals surface area contributed by atoms with Gasteiger partial charge in [-0.15, -0.1) is 0 Å². The van der Waals surface area contributed by atoms with Crippen LogP contribution < -0.4 is 0 Å². The molecule has 0 saturated heterocycles. The molecule has 0 radical (unpaired) electrons. The van der Waals surface area contributed by atoms with Crippen molar-refractivity contribution in [2.45, 2.75) is 52.2 Å². The lowest BCUT2D eigenvalue weighted by Crippen LogP contribution is -2.39. The summed E-state index contributed by atoms with van der Waals surface area (Å²) in [5.74, 6) is 1.87. The average molecular weight is 230 g/mol. The summed E-state index contributed by atoms with van der Waals surface area (Å²) >= 11 is 0. The van der Waals surface area contributed by atoms with Gasteiger partial charge in [0.1, 0.15) is 6.10 Å². The second-order valence-electron chi connectivity index (χ2n) is 5.49. The van der Waals surface area contributed by atoms with E-state index in [1.54, 1.807) is 0 Å². The molecule has 1 rings (SSSR count). The fourth-order valence-electron chi connectivity index (χ4n) is 2.66. The van der Waals surface area contributed by atoms with Crippen LogP contribution in [0.4, 0.5) is 0 Å². The highest BCUT2D eigenvalue weighted by Crippen LogP contribution is 2.35. The SMILES string of the molecule is CC1CCC(C(C)C)C(OC(CO)CO)C1. The van der Waals surface area contributed by atoms with Gasteiger partial charge in [0, 0.05) is 0 Å². The first kappa shape index (κ1) is 13.9. The molecule has 3 nitrogen and oxygen atoms in total. The van der Waals surface area contributed by atoms with Crippen LogP contribution >= 0.6 is 0 Å². The van der Waals surface area contributed by atoms with Crippen LogP contribution in [-0.2, 0) is 4.74 Å². The van der Waals surface area contributed by atoms with Gasteiger partial charge in [-0.3, -0.25) is 0 Å². The summed E-state index contributed by atoms with van der Waals surface area (Å²) in [7, 11) is 0. The molecular formula is C13H26O3. The van der Waals surface area contributed by atoms with Crippen LogP contribution in [0.25, 0.3) is 0 Å². The molecule has 1 saturated carbocycles. The number of aliphatic hydroxyl groups excluding tert-OH is 2. The lowest BCUT2D eigenvalue weighted by atomic mass is 9.75. The number of rotatable bonds is 5. The maximum absolute atomic E-state index is 9.06. The van der Waals surface area contributed by atoms with E-state index in [0.717, 1.165) is 6.42 Å². The van der Waals surface area contributed by atoms with E-state index in [-0.39, 0.29) is 19.3 Å². The molecule has 16 heavy (non-hydrogen) atoms. The summed E-state index contributed by atoms with van der Waals surface area (Å²) in [6.07, 6.45) is 3.32. The Morgan fingerprint density at radius 3 is 2.31 bits per heavy atom. The van der Waals surface area contributed by atoms with Gasteiger partial charge < -0.3 is 14.9 Å². The van der Waals surface area contributed by atoms with Gasteiger partial charge in [0.25, 0.3) is 0 Å². The van der Waals surface area contributed by atoms with Crippen LogP contribution in [0.15, 0.2) is 0 Å². The minimum atomic E-state index is -0.406. The zero-order valence-corrected chi connectivity index (χ0v) is 10.7. The normalized spacial score (nSPS) is 31.3. The maximum Gasteiger partial charge on any atom is 0.104 e. The monoisotopic (exact) mass is 230 g/mol. The largest absolute Gasteiger partial charge is 0.394 e. The Labute approximate surface area is 98.8 Å². The highest BCUT2D eigenvalue weighted by molar-refractivity contribution is 4.82. The summed E-state index contributed by atoms with van der Waals surface area (Å²) in [5, 5.41) is 18.1. The molecule has 0 spiro atoms. The fraction of sp³-hybridized carbons (Fsp3) is 1.00. The highest BCUT2D eigenvalue weighted by Gasteiger charge is 2.32. The van der Waals surface area contributed by atoms with Crippen molar-refractivity contribution in [1.29, 1.82) is 0 Å². The molecule has 0 aliphatic heterocycles. The zero-order valence-electron chi connectivity index (χ0n) is 10.7. The van der Waals surface area contributed by atoms with E-state index >= 15 is 0 Å². The van der Waals surface area contributed by atoms with Crippen LogP contribution in [0.5, 0.6) is 0 Å². The van der Waals surface area contributed by atoms with Gasteiger partial charge in [0.15, 0.2) is 0 Å². The molecule has 0 amide bonds. The smallest absolute Gasteiger partial charge is 0.104 e. The van der Waals surface area contributed by atoms with E-state index in [0.29, 0.717) is 17.8 Å². The molecule has 0 aromatic carbocycles. The Morgan fingerprint density at radius 1 is 1.19 bits per heavy atom. The topological polar surface area (TPSA) is 49.7 Å². The van der Waals surface area contributed by atoms with Crippen LogP contribution in [0, 0.1) is 17.8 Å². The fourth-order valence-corrected chi connectivity index (χ4v) is 2.66. The number of hydrogen-bond donors (Lipinski definition) is 2. The Morgan fingerprint density at radius 2 is 1.81 bits per heavy atom. The third-order valence-corrected chi connectivity index (χ3v) is 3.74. The molecule has 96 valence electrons. The van der Waals surface area contributed by atoms with Gasteiger partial charge in [-0.25, -0.2) is 0 Å². The Balaban J connectivity index is 2.56. The molecule has 1 fully saturated rings.